The summed E-state index contributed by atoms with van der Waals surface area (Å²) in [4.78, 5) is 0. The predicted molar refractivity (Wildman–Crippen MR) is 90.5 cm³/mol. The van der Waals surface area contributed by atoms with Gasteiger partial charge in [-0.3, -0.25) is 0 Å². The summed E-state index contributed by atoms with van der Waals surface area (Å²) in [5, 5.41) is 9.29. The molecule has 4 heteroatoms. The number of nitriles is 1. The van der Waals surface area contributed by atoms with E-state index in [4.69, 9.17) is 7.95 Å². The van der Waals surface area contributed by atoms with Gasteiger partial charge in [0.25, 0.3) is 0 Å². The number of methoxy groups -OCH3 is 1. The van der Waals surface area contributed by atoms with Crippen LogP contribution >= 0.6 is 0 Å². The molecule has 0 aliphatic rings. The molecule has 0 saturated carbocycles. The Morgan fingerprint density at radius 1 is 1.14 bits per heavy atom. The summed E-state index contributed by atoms with van der Waals surface area (Å²) in [5.74, 6) is 3.91. The van der Waals surface area contributed by atoms with Crippen LogP contribution in [0.2, 0.25) is 13.3 Å². The quantitative estimate of drug-likeness (QED) is 0.394. The van der Waals surface area contributed by atoms with Crippen molar-refractivity contribution in [3.05, 3.63) is 35.4 Å². The van der Waals surface area contributed by atoms with Gasteiger partial charge in [0.2, 0.25) is 0 Å². The van der Waals surface area contributed by atoms with Crippen LogP contribution in [-0.4, -0.2) is 31.6 Å². The normalized spacial score (nSPS) is 10.4. The Bertz CT molecular complexity index is 539. The van der Waals surface area contributed by atoms with E-state index in [-0.39, 0.29) is 0 Å². The summed E-state index contributed by atoms with van der Waals surface area (Å²) >= 11 is -2.39. The van der Waals surface area contributed by atoms with E-state index in [0.717, 1.165) is 11.3 Å². The van der Waals surface area contributed by atoms with E-state index in [9.17, 15) is 5.26 Å². The molecule has 0 heterocycles. The van der Waals surface area contributed by atoms with Gasteiger partial charge in [0.05, 0.1) is 0 Å². The van der Waals surface area contributed by atoms with Crippen LogP contribution in [0.5, 0.6) is 5.75 Å². The SMILES string of the molecule is C[CH2][Sn]([CH2]C)([CH2]C)[N]=C=C(C#N)Cc1ccc(OC)cc1. The van der Waals surface area contributed by atoms with Crippen molar-refractivity contribution in [3.63, 3.8) is 0 Å². The summed E-state index contributed by atoms with van der Waals surface area (Å²) in [6, 6.07) is 10.0. The third-order valence-electron chi connectivity index (χ3n) is 4.08. The van der Waals surface area contributed by atoms with E-state index < -0.39 is 18.7 Å². The first-order valence-electron chi connectivity index (χ1n) is 7.49. The van der Waals surface area contributed by atoms with Crippen molar-refractivity contribution in [1.82, 2.24) is 0 Å². The monoisotopic (exact) mass is 392 g/mol. The van der Waals surface area contributed by atoms with Crippen LogP contribution in [0.4, 0.5) is 0 Å². The molecule has 0 bridgehead atoms. The zero-order valence-corrected chi connectivity index (χ0v) is 16.3. The number of benzene rings is 1. The fraction of sp³-hybridized carbons (Fsp3) is 0.471. The maximum absolute atomic E-state index is 9.29. The van der Waals surface area contributed by atoms with Crippen molar-refractivity contribution in [2.45, 2.75) is 40.5 Å². The van der Waals surface area contributed by atoms with Crippen LogP contribution in [0.3, 0.4) is 0 Å². The number of rotatable bonds is 7. The third kappa shape index (κ3) is 5.22. The van der Waals surface area contributed by atoms with Gasteiger partial charge in [0.15, 0.2) is 0 Å². The molecular formula is C17H24N2OSn. The van der Waals surface area contributed by atoms with Gasteiger partial charge in [0, 0.05) is 0 Å². The number of allylic oxidation sites excluding steroid dienone is 1. The van der Waals surface area contributed by atoms with E-state index in [1.54, 1.807) is 7.11 Å². The number of hydrogen-bond donors (Lipinski definition) is 0. The Morgan fingerprint density at radius 3 is 2.14 bits per heavy atom. The third-order valence-corrected chi connectivity index (χ3v) is 17.0. The molecule has 0 fully saturated rings. The topological polar surface area (TPSA) is 45.4 Å². The van der Waals surface area contributed by atoms with Gasteiger partial charge >= 0.3 is 133 Å². The van der Waals surface area contributed by atoms with Crippen LogP contribution < -0.4 is 4.74 Å². The molecule has 1 rings (SSSR count). The van der Waals surface area contributed by atoms with Gasteiger partial charge in [-0.15, -0.1) is 0 Å². The van der Waals surface area contributed by atoms with E-state index in [1.165, 1.54) is 13.3 Å². The molecule has 112 valence electrons. The molecule has 0 spiro atoms. The average Bonchev–Trinajstić information content (AvgIpc) is 2.56. The predicted octanol–water partition coefficient (Wildman–Crippen LogP) is 4.36. The van der Waals surface area contributed by atoms with Crippen molar-refractivity contribution < 1.29 is 4.74 Å². The Kier molecular flexibility index (Phi) is 7.56. The average molecular weight is 391 g/mol. The second-order valence-electron chi connectivity index (χ2n) is 5.12. The summed E-state index contributed by atoms with van der Waals surface area (Å²) < 4.78 is 13.5. The van der Waals surface area contributed by atoms with Crippen molar-refractivity contribution in [1.29, 1.82) is 5.26 Å². The standard InChI is InChI=1S/C11H9N2O.3C2H5.Sn/c1-14-11-4-2-9(3-5-11)6-10(7-12)8-13;3*1-2;/h2-5H,6H2,1H3;3*1H2,2H3;/q-1;;;;+1. The van der Waals surface area contributed by atoms with Crippen LogP contribution in [0.15, 0.2) is 33.1 Å². The van der Waals surface area contributed by atoms with Gasteiger partial charge in [-0.05, 0) is 0 Å². The Hall–Kier alpha value is -1.24. The van der Waals surface area contributed by atoms with Crippen molar-refractivity contribution in [3.8, 4) is 11.8 Å². The number of nitrogens with zero attached hydrogens (tertiary/aromatic N) is 2. The van der Waals surface area contributed by atoms with E-state index in [1.807, 2.05) is 24.3 Å². The minimum absolute atomic E-state index is 0.586. The van der Waals surface area contributed by atoms with Gasteiger partial charge in [-0.1, -0.05) is 0 Å². The van der Waals surface area contributed by atoms with Gasteiger partial charge in [-0.2, -0.15) is 0 Å². The number of hydrogen-bond acceptors (Lipinski definition) is 3. The summed E-state index contributed by atoms with van der Waals surface area (Å²) in [5.41, 5.74) is 1.71. The van der Waals surface area contributed by atoms with Crippen LogP contribution in [0, 0.1) is 11.3 Å². The van der Waals surface area contributed by atoms with Gasteiger partial charge in [-0.25, -0.2) is 0 Å². The molecule has 21 heavy (non-hydrogen) atoms. The molecule has 3 nitrogen and oxygen atoms in total. The zero-order valence-electron chi connectivity index (χ0n) is 13.4. The van der Waals surface area contributed by atoms with E-state index in [0.29, 0.717) is 12.0 Å². The molecular weight excluding hydrogens is 367 g/mol. The minimum atomic E-state index is -2.39. The molecule has 0 aromatic heterocycles. The van der Waals surface area contributed by atoms with Gasteiger partial charge < -0.3 is 0 Å². The fourth-order valence-electron chi connectivity index (χ4n) is 2.22. The second kappa shape index (κ2) is 8.92. The molecule has 0 atom stereocenters. The molecule has 0 saturated heterocycles. The molecule has 0 N–H and O–H groups in total. The van der Waals surface area contributed by atoms with Crippen molar-refractivity contribution in [2.75, 3.05) is 7.11 Å². The number of ether oxygens (including phenoxy) is 1. The fourth-order valence-corrected chi connectivity index (χ4v) is 8.92. The first-order valence-corrected chi connectivity index (χ1v) is 14.8. The van der Waals surface area contributed by atoms with Crippen LogP contribution in [0.1, 0.15) is 26.3 Å². The first-order chi connectivity index (χ1) is 10.1. The molecule has 0 aliphatic heterocycles. The zero-order chi connectivity index (χ0) is 15.7. The van der Waals surface area contributed by atoms with E-state index >= 15 is 0 Å². The van der Waals surface area contributed by atoms with Crippen molar-refractivity contribution >= 4 is 24.5 Å². The van der Waals surface area contributed by atoms with Gasteiger partial charge in [0.1, 0.15) is 0 Å². The molecule has 1 aromatic carbocycles. The molecule has 0 radical (unpaired) electrons. The summed E-state index contributed by atoms with van der Waals surface area (Å²) in [7, 11) is 1.65. The molecule has 0 unspecified atom stereocenters. The van der Waals surface area contributed by atoms with Crippen molar-refractivity contribution in [2.24, 2.45) is 3.21 Å². The second-order valence-corrected chi connectivity index (χ2v) is 18.8. The molecule has 0 amide bonds. The Balaban J connectivity index is 2.96. The Morgan fingerprint density at radius 2 is 1.71 bits per heavy atom. The van der Waals surface area contributed by atoms with Crippen LogP contribution in [0.25, 0.3) is 0 Å². The molecule has 0 aliphatic carbocycles. The Labute approximate surface area is 132 Å². The van der Waals surface area contributed by atoms with E-state index in [2.05, 4.69) is 32.7 Å². The maximum atomic E-state index is 9.29. The van der Waals surface area contributed by atoms with Crippen LogP contribution in [-0.2, 0) is 6.42 Å². The summed E-state index contributed by atoms with van der Waals surface area (Å²) in [6.45, 7) is 6.68. The summed E-state index contributed by atoms with van der Waals surface area (Å²) in [6.07, 6.45) is 0.586. The first kappa shape index (κ1) is 17.8. The molecule has 1 aromatic rings.